The minimum atomic E-state index is -1.48. The number of rotatable bonds is 17. The molecular formula is C18H33N5O7S2. The molecule has 0 aromatic carbocycles. The molecule has 0 aromatic heterocycles. The predicted molar refractivity (Wildman–Crippen MR) is 123 cm³/mol. The maximum absolute atomic E-state index is 12.7. The lowest BCUT2D eigenvalue weighted by Gasteiger charge is -2.24. The van der Waals surface area contributed by atoms with Crippen molar-refractivity contribution in [3.8, 4) is 0 Å². The Hall–Kier alpha value is -2.03. The zero-order chi connectivity index (χ0) is 24.7. The smallest absolute Gasteiger partial charge is 0.326 e. The van der Waals surface area contributed by atoms with Gasteiger partial charge in [-0.25, -0.2) is 4.79 Å². The quantitative estimate of drug-likeness (QED) is 0.0831. The van der Waals surface area contributed by atoms with Crippen LogP contribution < -0.4 is 27.4 Å². The fraction of sp³-hybridized carbons (Fsp3) is 0.722. The van der Waals surface area contributed by atoms with Crippen LogP contribution in [0.25, 0.3) is 0 Å². The number of carboxylic acids is 2. The van der Waals surface area contributed by atoms with Crippen LogP contribution in [0.3, 0.4) is 0 Å². The first-order valence-corrected chi connectivity index (χ1v) is 12.0. The molecule has 14 heteroatoms. The molecule has 0 saturated carbocycles. The Morgan fingerprint density at radius 3 is 1.97 bits per heavy atom. The molecule has 3 amide bonds. The first-order chi connectivity index (χ1) is 15.1. The van der Waals surface area contributed by atoms with Crippen molar-refractivity contribution in [2.24, 2.45) is 11.5 Å². The number of aliphatic carboxylic acids is 2. The van der Waals surface area contributed by atoms with Gasteiger partial charge < -0.3 is 37.6 Å². The molecule has 0 aliphatic rings. The van der Waals surface area contributed by atoms with Crippen LogP contribution in [0.4, 0.5) is 0 Å². The number of amides is 3. The second-order valence-corrected chi connectivity index (χ2v) is 8.33. The van der Waals surface area contributed by atoms with Crippen molar-refractivity contribution in [1.82, 2.24) is 16.0 Å². The summed E-state index contributed by atoms with van der Waals surface area (Å²) in [6, 6.07) is -4.83. The van der Waals surface area contributed by atoms with E-state index in [0.717, 1.165) is 0 Å². The number of carbonyl (C=O) groups excluding carboxylic acids is 3. The van der Waals surface area contributed by atoms with Gasteiger partial charge in [-0.3, -0.25) is 19.2 Å². The molecule has 0 spiro atoms. The molecule has 184 valence electrons. The third-order valence-electron chi connectivity index (χ3n) is 4.35. The second kappa shape index (κ2) is 16.6. The largest absolute Gasteiger partial charge is 0.481 e. The van der Waals surface area contributed by atoms with Crippen LogP contribution in [0.15, 0.2) is 0 Å². The highest BCUT2D eigenvalue weighted by Gasteiger charge is 2.31. The van der Waals surface area contributed by atoms with E-state index in [4.69, 9.17) is 16.6 Å². The van der Waals surface area contributed by atoms with E-state index >= 15 is 0 Å². The molecular weight excluding hydrogens is 462 g/mol. The fourth-order valence-corrected chi connectivity index (χ4v) is 3.18. The minimum absolute atomic E-state index is 0.0238. The van der Waals surface area contributed by atoms with Gasteiger partial charge in [-0.05, 0) is 44.2 Å². The summed E-state index contributed by atoms with van der Waals surface area (Å²) < 4.78 is 0. The lowest BCUT2D eigenvalue weighted by Crippen LogP contribution is -2.57. The number of thioether (sulfide) groups is 1. The zero-order valence-corrected chi connectivity index (χ0v) is 19.6. The monoisotopic (exact) mass is 495 g/mol. The SMILES string of the molecule is CSCCC(NC(=O)C(CCCCN)NC(=O)C(CC(=O)O)NC(=O)C(N)CS)C(=O)O. The first kappa shape index (κ1) is 30.0. The van der Waals surface area contributed by atoms with Gasteiger partial charge in [0.15, 0.2) is 0 Å². The number of thiol groups is 1. The highest BCUT2D eigenvalue weighted by molar-refractivity contribution is 7.98. The summed E-state index contributed by atoms with van der Waals surface area (Å²) >= 11 is 5.31. The topological polar surface area (TPSA) is 214 Å². The van der Waals surface area contributed by atoms with Crippen molar-refractivity contribution in [3.05, 3.63) is 0 Å². The molecule has 4 unspecified atom stereocenters. The summed E-state index contributed by atoms with van der Waals surface area (Å²) in [5.74, 6) is -4.49. The Labute approximate surface area is 196 Å². The van der Waals surface area contributed by atoms with E-state index in [1.54, 1.807) is 6.26 Å². The maximum Gasteiger partial charge on any atom is 0.326 e. The van der Waals surface area contributed by atoms with Crippen LogP contribution in [-0.2, 0) is 24.0 Å². The molecule has 0 radical (unpaired) electrons. The van der Waals surface area contributed by atoms with Gasteiger partial charge in [0.05, 0.1) is 12.5 Å². The first-order valence-electron chi connectivity index (χ1n) is 9.98. The standard InChI is InChI=1S/C18H33N5O7S2/c1-32-7-5-12(18(29)30)22-16(27)11(4-2-3-6-19)21-17(28)13(8-14(24)25)23-15(26)10(20)9-31/h10-13,31H,2-9,19-20H2,1H3,(H,21,28)(H,22,27)(H,23,26)(H,24,25)(H,29,30). The fourth-order valence-electron chi connectivity index (χ4n) is 2.54. The number of hydrogen-bond acceptors (Lipinski definition) is 9. The average Bonchev–Trinajstić information content (AvgIpc) is 2.73. The van der Waals surface area contributed by atoms with Crippen molar-refractivity contribution >= 4 is 54.1 Å². The Kier molecular flexibility index (Phi) is 15.5. The van der Waals surface area contributed by atoms with Gasteiger partial charge in [0.1, 0.15) is 18.1 Å². The van der Waals surface area contributed by atoms with E-state index in [2.05, 4.69) is 28.6 Å². The van der Waals surface area contributed by atoms with Crippen LogP contribution in [0.5, 0.6) is 0 Å². The molecule has 0 aliphatic carbocycles. The van der Waals surface area contributed by atoms with Crippen LogP contribution in [0, 0.1) is 0 Å². The van der Waals surface area contributed by atoms with Crippen LogP contribution in [0.1, 0.15) is 32.1 Å². The van der Waals surface area contributed by atoms with Crippen molar-refractivity contribution < 1.29 is 34.2 Å². The lowest BCUT2D eigenvalue weighted by atomic mass is 10.1. The average molecular weight is 496 g/mol. The number of nitrogens with one attached hydrogen (secondary N) is 3. The van der Waals surface area contributed by atoms with Crippen molar-refractivity contribution in [1.29, 1.82) is 0 Å². The van der Waals surface area contributed by atoms with Gasteiger partial charge in [-0.15, -0.1) is 0 Å². The van der Waals surface area contributed by atoms with Gasteiger partial charge in [0.2, 0.25) is 17.7 Å². The molecule has 12 nitrogen and oxygen atoms in total. The summed E-state index contributed by atoms with van der Waals surface area (Å²) in [7, 11) is 0. The molecule has 0 aromatic rings. The normalized spacial score (nSPS) is 14.5. The van der Waals surface area contributed by atoms with Crippen molar-refractivity contribution in [3.63, 3.8) is 0 Å². The van der Waals surface area contributed by atoms with Gasteiger partial charge in [0.25, 0.3) is 0 Å². The summed E-state index contributed by atoms with van der Waals surface area (Å²) in [5, 5.41) is 25.5. The third-order valence-corrected chi connectivity index (χ3v) is 5.39. The summed E-state index contributed by atoms with van der Waals surface area (Å²) in [5.41, 5.74) is 11.0. The van der Waals surface area contributed by atoms with E-state index in [-0.39, 0.29) is 18.6 Å². The zero-order valence-electron chi connectivity index (χ0n) is 17.9. The number of hydrogen-bond donors (Lipinski definition) is 8. The molecule has 0 heterocycles. The lowest BCUT2D eigenvalue weighted by molar-refractivity contribution is -0.143. The van der Waals surface area contributed by atoms with Crippen molar-refractivity contribution in [2.45, 2.75) is 56.3 Å². The van der Waals surface area contributed by atoms with E-state index in [0.29, 0.717) is 25.1 Å². The number of unbranched alkanes of at least 4 members (excludes halogenated alkanes) is 1. The molecule has 4 atom stereocenters. The van der Waals surface area contributed by atoms with Crippen molar-refractivity contribution in [2.75, 3.05) is 24.3 Å². The van der Waals surface area contributed by atoms with E-state index in [1.807, 2.05) is 0 Å². The van der Waals surface area contributed by atoms with Crippen LogP contribution in [-0.4, -0.2) is 88.3 Å². The Morgan fingerprint density at radius 1 is 0.906 bits per heavy atom. The van der Waals surface area contributed by atoms with E-state index in [9.17, 15) is 29.1 Å². The Balaban J connectivity index is 5.44. The highest BCUT2D eigenvalue weighted by atomic mass is 32.2. The molecule has 0 rings (SSSR count). The summed E-state index contributed by atoms with van der Waals surface area (Å²) in [4.78, 5) is 60.0. The Morgan fingerprint density at radius 2 is 1.47 bits per heavy atom. The summed E-state index contributed by atoms with van der Waals surface area (Å²) in [6.07, 6.45) is 2.41. The molecule has 0 saturated heterocycles. The summed E-state index contributed by atoms with van der Waals surface area (Å²) in [6.45, 7) is 0.354. The number of carbonyl (C=O) groups is 5. The molecule has 0 fully saturated rings. The van der Waals surface area contributed by atoms with Crippen LogP contribution in [0.2, 0.25) is 0 Å². The Bertz CT molecular complexity index is 653. The molecule has 9 N–H and O–H groups in total. The van der Waals surface area contributed by atoms with Gasteiger partial charge in [0, 0.05) is 5.75 Å². The number of carboxylic acid groups (broad SMARTS) is 2. The molecule has 0 bridgehead atoms. The predicted octanol–water partition coefficient (Wildman–Crippen LogP) is -1.86. The third kappa shape index (κ3) is 12.1. The van der Waals surface area contributed by atoms with Gasteiger partial charge in [-0.2, -0.15) is 24.4 Å². The van der Waals surface area contributed by atoms with E-state index in [1.165, 1.54) is 11.8 Å². The van der Waals surface area contributed by atoms with Crippen LogP contribution >= 0.6 is 24.4 Å². The number of nitrogens with two attached hydrogens (primary N) is 2. The maximum atomic E-state index is 12.7. The minimum Gasteiger partial charge on any atom is -0.481 e. The van der Waals surface area contributed by atoms with Gasteiger partial charge in [-0.1, -0.05) is 0 Å². The molecule has 0 aliphatic heterocycles. The van der Waals surface area contributed by atoms with E-state index < -0.39 is 60.2 Å². The van der Waals surface area contributed by atoms with Gasteiger partial charge >= 0.3 is 11.9 Å². The second-order valence-electron chi connectivity index (χ2n) is 6.97. The highest BCUT2D eigenvalue weighted by Crippen LogP contribution is 2.06. The molecule has 32 heavy (non-hydrogen) atoms.